The zero-order chi connectivity index (χ0) is 10.8. The van der Waals surface area contributed by atoms with Gasteiger partial charge in [0.1, 0.15) is 5.92 Å². The van der Waals surface area contributed by atoms with Gasteiger partial charge in [-0.2, -0.15) is 0 Å². The van der Waals surface area contributed by atoms with Crippen molar-refractivity contribution in [2.24, 2.45) is 0 Å². The van der Waals surface area contributed by atoms with E-state index in [0.717, 1.165) is 4.88 Å². The van der Waals surface area contributed by atoms with E-state index in [1.165, 1.54) is 17.7 Å². The Balaban J connectivity index is 2.01. The number of hydrogen-bond donors (Lipinski definition) is 2. The minimum Gasteiger partial charge on any atom is -0.481 e. The lowest BCUT2D eigenvalue weighted by molar-refractivity contribution is -0.138. The number of aryl methyl sites for hydroxylation is 1. The Kier molecular flexibility index (Phi) is 3.07. The first-order valence-electron chi connectivity index (χ1n) is 5.19. The summed E-state index contributed by atoms with van der Waals surface area (Å²) in [5.74, 6) is -1.12. The number of carboxylic acids is 1. The molecule has 0 spiro atoms. The highest BCUT2D eigenvalue weighted by molar-refractivity contribution is 7.12. The van der Waals surface area contributed by atoms with Gasteiger partial charge in [0.2, 0.25) is 0 Å². The van der Waals surface area contributed by atoms with Crippen LogP contribution in [0.2, 0.25) is 0 Å². The van der Waals surface area contributed by atoms with Crippen LogP contribution in [0.3, 0.4) is 0 Å². The molecule has 0 saturated heterocycles. The highest BCUT2D eigenvalue weighted by Crippen LogP contribution is 2.26. The largest absolute Gasteiger partial charge is 0.481 e. The Morgan fingerprint density at radius 3 is 2.87 bits per heavy atom. The van der Waals surface area contributed by atoms with Crippen LogP contribution in [-0.2, 0) is 4.79 Å². The molecule has 4 heteroatoms. The highest BCUT2D eigenvalue weighted by atomic mass is 32.1. The normalized spacial score (nSPS) is 17.7. The molecule has 2 rings (SSSR count). The van der Waals surface area contributed by atoms with Crippen molar-refractivity contribution >= 4 is 17.3 Å². The zero-order valence-electron chi connectivity index (χ0n) is 8.69. The van der Waals surface area contributed by atoms with Crippen molar-refractivity contribution in [1.82, 2.24) is 5.32 Å². The Hall–Kier alpha value is -0.870. The molecule has 1 atom stereocenters. The quantitative estimate of drug-likeness (QED) is 0.805. The summed E-state index contributed by atoms with van der Waals surface area (Å²) in [6, 6.07) is 4.47. The molecular weight excluding hydrogens is 210 g/mol. The van der Waals surface area contributed by atoms with Crippen LogP contribution in [0.25, 0.3) is 0 Å². The molecule has 0 aromatic carbocycles. The lowest BCUT2D eigenvalue weighted by Crippen LogP contribution is -2.27. The molecule has 0 bridgehead atoms. The molecule has 3 nitrogen and oxygen atoms in total. The second-order valence-electron chi connectivity index (χ2n) is 4.02. The average Bonchev–Trinajstić information content (AvgIpc) is 2.89. The van der Waals surface area contributed by atoms with Crippen molar-refractivity contribution in [2.45, 2.75) is 31.7 Å². The Morgan fingerprint density at radius 2 is 2.40 bits per heavy atom. The maximum Gasteiger partial charge on any atom is 0.313 e. The van der Waals surface area contributed by atoms with Gasteiger partial charge in [0.05, 0.1) is 0 Å². The molecule has 1 saturated carbocycles. The van der Waals surface area contributed by atoms with Gasteiger partial charge in [-0.05, 0) is 31.9 Å². The molecule has 2 N–H and O–H groups in total. The number of nitrogens with one attached hydrogen (secondary N) is 1. The van der Waals surface area contributed by atoms with Gasteiger partial charge in [-0.15, -0.1) is 11.3 Å². The van der Waals surface area contributed by atoms with E-state index in [2.05, 4.69) is 5.32 Å². The van der Waals surface area contributed by atoms with Crippen molar-refractivity contribution in [1.29, 1.82) is 0 Å². The number of hydrogen-bond acceptors (Lipinski definition) is 3. The van der Waals surface area contributed by atoms with Crippen LogP contribution in [0.15, 0.2) is 12.1 Å². The van der Waals surface area contributed by atoms with E-state index in [0.29, 0.717) is 12.6 Å². The molecule has 1 fully saturated rings. The van der Waals surface area contributed by atoms with E-state index in [9.17, 15) is 4.79 Å². The molecule has 1 aliphatic carbocycles. The molecule has 82 valence electrons. The molecule has 0 radical (unpaired) electrons. The summed E-state index contributed by atoms with van der Waals surface area (Å²) < 4.78 is 0. The minimum absolute atomic E-state index is 0.385. The first-order chi connectivity index (χ1) is 7.16. The summed E-state index contributed by atoms with van der Waals surface area (Å²) in [5.41, 5.74) is 0. The monoisotopic (exact) mass is 225 g/mol. The summed E-state index contributed by atoms with van der Waals surface area (Å²) >= 11 is 1.58. The van der Waals surface area contributed by atoms with Crippen molar-refractivity contribution in [3.05, 3.63) is 21.9 Å². The van der Waals surface area contributed by atoms with Crippen LogP contribution < -0.4 is 5.32 Å². The highest BCUT2D eigenvalue weighted by Gasteiger charge is 2.26. The summed E-state index contributed by atoms with van der Waals surface area (Å²) in [5, 5.41) is 12.4. The van der Waals surface area contributed by atoms with Crippen molar-refractivity contribution in [3.8, 4) is 0 Å². The molecule has 1 unspecified atom stereocenters. The molecule has 0 aliphatic heterocycles. The third-order valence-electron chi connectivity index (χ3n) is 2.59. The summed E-state index contributed by atoms with van der Waals surface area (Å²) in [4.78, 5) is 13.2. The van der Waals surface area contributed by atoms with E-state index < -0.39 is 5.97 Å². The summed E-state index contributed by atoms with van der Waals surface area (Å²) in [6.07, 6.45) is 2.38. The predicted molar refractivity (Wildman–Crippen MR) is 60.5 cm³/mol. The maximum atomic E-state index is 11.1. The first kappa shape index (κ1) is 10.6. The SMILES string of the molecule is Cc1ccc(C(CNC2CC2)C(=O)O)s1. The third kappa shape index (κ3) is 2.79. The van der Waals surface area contributed by atoms with Crippen molar-refractivity contribution in [3.63, 3.8) is 0 Å². The van der Waals surface area contributed by atoms with Crippen LogP contribution in [0.4, 0.5) is 0 Å². The predicted octanol–water partition coefficient (Wildman–Crippen LogP) is 1.98. The number of carboxylic acid groups (broad SMARTS) is 1. The van der Waals surface area contributed by atoms with Gasteiger partial charge in [0, 0.05) is 22.3 Å². The second kappa shape index (κ2) is 4.33. The lowest BCUT2D eigenvalue weighted by atomic mass is 10.1. The van der Waals surface area contributed by atoms with Gasteiger partial charge in [0.25, 0.3) is 0 Å². The Bertz CT molecular complexity index is 357. The standard InChI is InChI=1S/C11H15NO2S/c1-7-2-5-10(15-7)9(11(13)14)6-12-8-3-4-8/h2,5,8-9,12H,3-4,6H2,1H3,(H,13,14). The van der Waals surface area contributed by atoms with Gasteiger partial charge in [-0.1, -0.05) is 0 Å². The lowest BCUT2D eigenvalue weighted by Gasteiger charge is -2.10. The van der Waals surface area contributed by atoms with Gasteiger partial charge >= 0.3 is 5.97 Å². The smallest absolute Gasteiger partial charge is 0.313 e. The maximum absolute atomic E-state index is 11.1. The average molecular weight is 225 g/mol. The number of aliphatic carboxylic acids is 1. The van der Waals surface area contributed by atoms with Crippen LogP contribution in [-0.4, -0.2) is 23.7 Å². The summed E-state index contributed by atoms with van der Waals surface area (Å²) in [7, 11) is 0. The zero-order valence-corrected chi connectivity index (χ0v) is 9.51. The first-order valence-corrected chi connectivity index (χ1v) is 6.01. The fourth-order valence-corrected chi connectivity index (χ4v) is 2.49. The van der Waals surface area contributed by atoms with Crippen LogP contribution in [0, 0.1) is 6.92 Å². The third-order valence-corrected chi connectivity index (χ3v) is 3.71. The van der Waals surface area contributed by atoms with Gasteiger partial charge in [-0.3, -0.25) is 4.79 Å². The van der Waals surface area contributed by atoms with E-state index in [1.54, 1.807) is 11.3 Å². The molecule has 0 amide bonds. The van der Waals surface area contributed by atoms with E-state index >= 15 is 0 Å². The minimum atomic E-state index is -0.731. The number of rotatable bonds is 5. The van der Waals surface area contributed by atoms with Crippen LogP contribution >= 0.6 is 11.3 Å². The van der Waals surface area contributed by atoms with E-state index in [1.807, 2.05) is 19.1 Å². The van der Waals surface area contributed by atoms with Crippen molar-refractivity contribution in [2.75, 3.05) is 6.54 Å². The van der Waals surface area contributed by atoms with Gasteiger partial charge < -0.3 is 10.4 Å². The van der Waals surface area contributed by atoms with Gasteiger partial charge in [-0.25, -0.2) is 0 Å². The molecule has 1 aromatic heterocycles. The molecule has 15 heavy (non-hydrogen) atoms. The van der Waals surface area contributed by atoms with E-state index in [-0.39, 0.29) is 5.92 Å². The van der Waals surface area contributed by atoms with Crippen LogP contribution in [0.5, 0.6) is 0 Å². The molecule has 1 heterocycles. The number of thiophene rings is 1. The Labute approximate surface area is 93.1 Å². The van der Waals surface area contributed by atoms with Crippen LogP contribution in [0.1, 0.15) is 28.5 Å². The Morgan fingerprint density at radius 1 is 1.67 bits per heavy atom. The second-order valence-corrected chi connectivity index (χ2v) is 5.34. The fraction of sp³-hybridized carbons (Fsp3) is 0.545. The topological polar surface area (TPSA) is 49.3 Å². The number of carbonyl (C=O) groups is 1. The molecule has 1 aliphatic rings. The molecular formula is C11H15NO2S. The fourth-order valence-electron chi connectivity index (χ4n) is 1.52. The van der Waals surface area contributed by atoms with Gasteiger partial charge in [0.15, 0.2) is 0 Å². The van der Waals surface area contributed by atoms with Crippen molar-refractivity contribution < 1.29 is 9.90 Å². The molecule has 1 aromatic rings. The summed E-state index contributed by atoms with van der Waals surface area (Å²) in [6.45, 7) is 2.56. The van der Waals surface area contributed by atoms with E-state index in [4.69, 9.17) is 5.11 Å².